The van der Waals surface area contributed by atoms with Gasteiger partial charge >= 0.3 is 29.6 Å². The zero-order valence-corrected chi connectivity index (χ0v) is 20.6. The molecule has 31 heavy (non-hydrogen) atoms. The summed E-state index contributed by atoms with van der Waals surface area (Å²) in [6.07, 6.45) is 7.16. The predicted octanol–water partition coefficient (Wildman–Crippen LogP) is 1.61. The average Bonchev–Trinajstić information content (AvgIpc) is 3.17. The first-order valence-corrected chi connectivity index (χ1v) is 10.3. The van der Waals surface area contributed by atoms with Gasteiger partial charge in [0.15, 0.2) is 0 Å². The molecule has 0 atom stereocenters. The van der Waals surface area contributed by atoms with Crippen molar-refractivity contribution in [3.05, 3.63) is 77.5 Å². The van der Waals surface area contributed by atoms with Crippen LogP contribution in [-0.4, -0.2) is 22.9 Å². The van der Waals surface area contributed by atoms with E-state index in [0.717, 1.165) is 47.7 Å². The smallest absolute Gasteiger partial charge is 0.550 e. The predicted molar refractivity (Wildman–Crippen MR) is 117 cm³/mol. The molecule has 0 fully saturated rings. The van der Waals surface area contributed by atoms with Crippen molar-refractivity contribution in [1.82, 2.24) is 9.78 Å². The standard InChI is InChI=1S/C24H25ClN2O3.Na/c1-30-22-15-13-21(14-16-22)27-23(18-9-11-19(25)12-10-18)17-20(26-27)7-5-3-2-4-6-8-24(28)29;/h2-3,9-17H,4-8H2,1H3,(H,28,29);/q;+1/p-1/b3-2-;. The van der Waals surface area contributed by atoms with E-state index in [4.69, 9.17) is 21.4 Å². The van der Waals surface area contributed by atoms with Gasteiger partial charge in [0.25, 0.3) is 0 Å². The molecule has 0 unspecified atom stereocenters. The van der Waals surface area contributed by atoms with E-state index in [1.54, 1.807) is 7.11 Å². The van der Waals surface area contributed by atoms with Crippen molar-refractivity contribution in [1.29, 1.82) is 0 Å². The molecule has 0 bridgehead atoms. The molecular weight excluding hydrogens is 423 g/mol. The van der Waals surface area contributed by atoms with Crippen LogP contribution in [-0.2, 0) is 11.2 Å². The monoisotopic (exact) mass is 446 g/mol. The third kappa shape index (κ3) is 7.54. The maximum absolute atomic E-state index is 10.4. The minimum absolute atomic E-state index is 0. The molecule has 7 heteroatoms. The van der Waals surface area contributed by atoms with E-state index in [1.807, 2.05) is 59.3 Å². The summed E-state index contributed by atoms with van der Waals surface area (Å²) < 4.78 is 7.19. The van der Waals surface area contributed by atoms with Gasteiger partial charge in [-0.15, -0.1) is 0 Å². The van der Waals surface area contributed by atoms with Crippen molar-refractivity contribution >= 4 is 17.6 Å². The summed E-state index contributed by atoms with van der Waals surface area (Å²) in [5, 5.41) is 15.9. The van der Waals surface area contributed by atoms with Crippen molar-refractivity contribution < 1.29 is 44.2 Å². The van der Waals surface area contributed by atoms with Crippen LogP contribution in [0, 0.1) is 0 Å². The third-order valence-corrected chi connectivity index (χ3v) is 4.95. The molecule has 0 amide bonds. The van der Waals surface area contributed by atoms with Crippen LogP contribution in [0.1, 0.15) is 31.4 Å². The number of allylic oxidation sites excluding steroid dienone is 2. The number of aliphatic carboxylic acids is 1. The molecule has 3 rings (SSSR count). The fourth-order valence-corrected chi connectivity index (χ4v) is 3.26. The van der Waals surface area contributed by atoms with Crippen LogP contribution in [0.5, 0.6) is 5.75 Å². The number of methoxy groups -OCH3 is 1. The number of carboxylic acids is 1. The number of benzene rings is 2. The van der Waals surface area contributed by atoms with Crippen LogP contribution in [0.3, 0.4) is 0 Å². The van der Waals surface area contributed by atoms with Crippen molar-refractivity contribution in [3.63, 3.8) is 0 Å². The molecule has 1 aromatic heterocycles. The zero-order chi connectivity index (χ0) is 21.3. The Morgan fingerprint density at radius 1 is 1.10 bits per heavy atom. The summed E-state index contributed by atoms with van der Waals surface area (Å²) in [5.74, 6) is -0.204. The van der Waals surface area contributed by atoms with Crippen LogP contribution in [0.4, 0.5) is 0 Å². The van der Waals surface area contributed by atoms with Crippen LogP contribution in [0.25, 0.3) is 16.9 Å². The third-order valence-electron chi connectivity index (χ3n) is 4.70. The fraction of sp³-hybridized carbons (Fsp3) is 0.250. The van der Waals surface area contributed by atoms with Crippen LogP contribution < -0.4 is 39.4 Å². The molecule has 2 aromatic carbocycles. The molecular formula is C24H24ClN2NaO3. The van der Waals surface area contributed by atoms with E-state index in [1.165, 1.54) is 0 Å². The van der Waals surface area contributed by atoms with Crippen molar-refractivity contribution in [2.75, 3.05) is 7.11 Å². The Hall–Kier alpha value is -2.05. The summed E-state index contributed by atoms with van der Waals surface area (Å²) in [5.41, 5.74) is 3.96. The van der Waals surface area contributed by atoms with Gasteiger partial charge in [0.2, 0.25) is 0 Å². The van der Waals surface area contributed by atoms with E-state index in [0.29, 0.717) is 11.4 Å². The average molecular weight is 447 g/mol. The molecule has 156 valence electrons. The van der Waals surface area contributed by atoms with Crippen LogP contribution in [0.15, 0.2) is 66.7 Å². The van der Waals surface area contributed by atoms with Gasteiger partial charge in [-0.2, -0.15) is 5.10 Å². The Bertz CT molecular complexity index is 999. The van der Waals surface area contributed by atoms with Gasteiger partial charge in [0.05, 0.1) is 24.2 Å². The summed E-state index contributed by atoms with van der Waals surface area (Å²) in [6.45, 7) is 0. The number of hydrogen-bond acceptors (Lipinski definition) is 4. The molecule has 0 spiro atoms. The first-order valence-electron chi connectivity index (χ1n) is 9.91. The number of carbonyl (C=O) groups excluding carboxylic acids is 1. The second kappa shape index (κ2) is 12.7. The van der Waals surface area contributed by atoms with E-state index in [9.17, 15) is 9.90 Å². The van der Waals surface area contributed by atoms with E-state index >= 15 is 0 Å². The number of carboxylic acid groups (broad SMARTS) is 1. The molecule has 5 nitrogen and oxygen atoms in total. The fourth-order valence-electron chi connectivity index (χ4n) is 3.13. The van der Waals surface area contributed by atoms with Crippen molar-refractivity contribution in [2.45, 2.75) is 32.1 Å². The second-order valence-corrected chi connectivity index (χ2v) is 7.35. The molecule has 0 aliphatic heterocycles. The summed E-state index contributed by atoms with van der Waals surface area (Å²) in [4.78, 5) is 10.4. The molecule has 3 aromatic rings. The Kier molecular flexibility index (Phi) is 10.3. The van der Waals surface area contributed by atoms with Gasteiger partial charge in [-0.3, -0.25) is 0 Å². The number of nitrogens with zero attached hydrogens (tertiary/aromatic N) is 2. The van der Waals surface area contributed by atoms with Gasteiger partial charge in [0, 0.05) is 16.6 Å². The number of aryl methyl sites for hydroxylation is 1. The quantitative estimate of drug-likeness (QED) is 0.269. The van der Waals surface area contributed by atoms with Gasteiger partial charge in [-0.25, -0.2) is 4.68 Å². The molecule has 0 aliphatic carbocycles. The maximum atomic E-state index is 10.4. The van der Waals surface area contributed by atoms with Crippen LogP contribution >= 0.6 is 11.6 Å². The number of unbranched alkanes of at least 4 members (excludes halogenated alkanes) is 1. The Labute approximate surface area is 210 Å². The topological polar surface area (TPSA) is 67.2 Å². The number of halogens is 1. The van der Waals surface area contributed by atoms with E-state index in [2.05, 4.69) is 12.1 Å². The number of aromatic nitrogens is 2. The Balaban J connectivity index is 0.00000341. The van der Waals surface area contributed by atoms with Gasteiger partial charge in [-0.1, -0.05) is 35.9 Å². The minimum Gasteiger partial charge on any atom is -0.550 e. The van der Waals surface area contributed by atoms with Gasteiger partial charge in [-0.05, 0) is 74.6 Å². The van der Waals surface area contributed by atoms with Gasteiger partial charge in [0.1, 0.15) is 5.75 Å². The first kappa shape index (κ1) is 25.2. The minimum atomic E-state index is -0.998. The molecule has 0 aliphatic rings. The summed E-state index contributed by atoms with van der Waals surface area (Å²) >= 11 is 6.05. The normalized spacial score (nSPS) is 10.8. The zero-order valence-electron chi connectivity index (χ0n) is 17.9. The van der Waals surface area contributed by atoms with Crippen LogP contribution in [0.2, 0.25) is 5.02 Å². The number of rotatable bonds is 10. The summed E-state index contributed by atoms with van der Waals surface area (Å²) in [7, 11) is 1.65. The maximum Gasteiger partial charge on any atom is 1.00 e. The Morgan fingerprint density at radius 3 is 2.42 bits per heavy atom. The second-order valence-electron chi connectivity index (χ2n) is 6.91. The molecule has 0 N–H and O–H groups in total. The molecule has 0 radical (unpaired) electrons. The molecule has 0 saturated heterocycles. The number of ether oxygens (including phenoxy) is 1. The van der Waals surface area contributed by atoms with Crippen molar-refractivity contribution in [2.24, 2.45) is 0 Å². The molecule has 1 heterocycles. The number of carbonyl (C=O) groups is 1. The van der Waals surface area contributed by atoms with E-state index in [-0.39, 0.29) is 36.0 Å². The van der Waals surface area contributed by atoms with E-state index < -0.39 is 5.97 Å². The number of hydrogen-bond donors (Lipinski definition) is 0. The SMILES string of the molecule is COc1ccc(-n2nc(CC/C=C\CCCC(=O)[O-])cc2-c2ccc(Cl)cc2)cc1.[Na+]. The van der Waals surface area contributed by atoms with Gasteiger partial charge < -0.3 is 14.6 Å². The molecule has 0 saturated carbocycles. The Morgan fingerprint density at radius 2 is 1.77 bits per heavy atom. The van der Waals surface area contributed by atoms with Crippen molar-refractivity contribution in [3.8, 4) is 22.7 Å². The first-order chi connectivity index (χ1) is 14.6. The largest absolute Gasteiger partial charge is 1.00 e. The summed E-state index contributed by atoms with van der Waals surface area (Å²) in [6, 6.07) is 17.6.